The summed E-state index contributed by atoms with van der Waals surface area (Å²) in [5.41, 5.74) is 4.62. The summed E-state index contributed by atoms with van der Waals surface area (Å²) in [6, 6.07) is 18.7. The number of benzene rings is 2. The smallest absolute Gasteiger partial charge is 0.101 e. The second kappa shape index (κ2) is 4.54. The first-order chi connectivity index (χ1) is 8.88. The molecule has 0 fully saturated rings. The molecule has 0 spiro atoms. The summed E-state index contributed by atoms with van der Waals surface area (Å²) in [4.78, 5) is 2.29. The average molecular weight is 234 g/mol. The molecule has 2 aromatic carbocycles. The van der Waals surface area contributed by atoms with Gasteiger partial charge in [0.25, 0.3) is 0 Å². The molecule has 2 nitrogen and oxygen atoms in total. The van der Waals surface area contributed by atoms with Crippen LogP contribution in [0.2, 0.25) is 0 Å². The molecule has 0 unspecified atom stereocenters. The van der Waals surface area contributed by atoms with Crippen molar-refractivity contribution in [1.82, 2.24) is 0 Å². The van der Waals surface area contributed by atoms with E-state index in [2.05, 4.69) is 35.2 Å². The van der Waals surface area contributed by atoms with Crippen LogP contribution in [0.1, 0.15) is 16.7 Å². The first-order valence-electron chi connectivity index (χ1n) is 6.19. The SMILES string of the molecule is N#Cc1ccccc1N1CCc2ccccc2C1. The molecule has 2 aromatic rings. The van der Waals surface area contributed by atoms with E-state index in [4.69, 9.17) is 5.26 Å². The van der Waals surface area contributed by atoms with Gasteiger partial charge in [0.05, 0.1) is 11.3 Å². The summed E-state index contributed by atoms with van der Waals surface area (Å²) in [7, 11) is 0. The summed E-state index contributed by atoms with van der Waals surface area (Å²) >= 11 is 0. The van der Waals surface area contributed by atoms with Crippen molar-refractivity contribution >= 4 is 5.69 Å². The minimum atomic E-state index is 0.761. The van der Waals surface area contributed by atoms with Crippen molar-refractivity contribution in [2.45, 2.75) is 13.0 Å². The summed E-state index contributed by atoms with van der Waals surface area (Å²) in [6.07, 6.45) is 1.05. The number of rotatable bonds is 1. The molecule has 3 rings (SSSR count). The van der Waals surface area contributed by atoms with Crippen LogP contribution in [0.3, 0.4) is 0 Å². The van der Waals surface area contributed by atoms with E-state index in [9.17, 15) is 0 Å². The Labute approximate surface area is 107 Å². The molecule has 88 valence electrons. The number of hydrogen-bond donors (Lipinski definition) is 0. The van der Waals surface area contributed by atoms with Gasteiger partial charge in [0.15, 0.2) is 0 Å². The Morgan fingerprint density at radius 3 is 2.50 bits per heavy atom. The molecule has 0 aromatic heterocycles. The van der Waals surface area contributed by atoms with E-state index in [-0.39, 0.29) is 0 Å². The fraction of sp³-hybridized carbons (Fsp3) is 0.188. The Morgan fingerprint density at radius 2 is 1.67 bits per heavy atom. The molecule has 0 aliphatic carbocycles. The summed E-state index contributed by atoms with van der Waals surface area (Å²) < 4.78 is 0. The van der Waals surface area contributed by atoms with Crippen molar-refractivity contribution in [2.24, 2.45) is 0 Å². The maximum Gasteiger partial charge on any atom is 0.101 e. The van der Waals surface area contributed by atoms with Crippen molar-refractivity contribution in [3.05, 3.63) is 65.2 Å². The summed E-state index contributed by atoms with van der Waals surface area (Å²) in [6.45, 7) is 1.88. The Balaban J connectivity index is 1.95. The van der Waals surface area contributed by atoms with E-state index < -0.39 is 0 Å². The second-order valence-electron chi connectivity index (χ2n) is 4.57. The molecular formula is C16H14N2. The number of para-hydroxylation sites is 1. The lowest BCUT2D eigenvalue weighted by atomic mass is 9.99. The Hall–Kier alpha value is -2.27. The fourth-order valence-electron chi connectivity index (χ4n) is 2.55. The fourth-order valence-corrected chi connectivity index (χ4v) is 2.55. The highest BCUT2D eigenvalue weighted by Gasteiger charge is 2.17. The molecule has 0 saturated heterocycles. The number of hydrogen-bond acceptors (Lipinski definition) is 2. The minimum absolute atomic E-state index is 0.761. The van der Waals surface area contributed by atoms with Gasteiger partial charge in [-0.25, -0.2) is 0 Å². The van der Waals surface area contributed by atoms with Crippen LogP contribution in [-0.2, 0) is 13.0 Å². The molecule has 0 bridgehead atoms. The van der Waals surface area contributed by atoms with Crippen LogP contribution in [0, 0.1) is 11.3 Å². The normalized spacial score (nSPS) is 13.8. The van der Waals surface area contributed by atoms with Gasteiger partial charge >= 0.3 is 0 Å². The summed E-state index contributed by atoms with van der Waals surface area (Å²) in [5.74, 6) is 0. The first kappa shape index (κ1) is 10.9. The van der Waals surface area contributed by atoms with Crippen LogP contribution in [0.15, 0.2) is 48.5 Å². The lowest BCUT2D eigenvalue weighted by molar-refractivity contribution is 0.731. The first-order valence-corrected chi connectivity index (χ1v) is 6.19. The van der Waals surface area contributed by atoms with Gasteiger partial charge in [0.2, 0.25) is 0 Å². The van der Waals surface area contributed by atoms with Gasteiger partial charge < -0.3 is 4.90 Å². The van der Waals surface area contributed by atoms with Crippen LogP contribution in [0.25, 0.3) is 0 Å². The van der Waals surface area contributed by atoms with Crippen molar-refractivity contribution in [3.8, 4) is 6.07 Å². The molecule has 0 saturated carbocycles. The second-order valence-corrected chi connectivity index (χ2v) is 4.57. The molecular weight excluding hydrogens is 220 g/mol. The average Bonchev–Trinajstić information content (AvgIpc) is 2.46. The lowest BCUT2D eigenvalue weighted by Crippen LogP contribution is -2.30. The predicted molar refractivity (Wildman–Crippen MR) is 72.4 cm³/mol. The van der Waals surface area contributed by atoms with Crippen molar-refractivity contribution < 1.29 is 0 Å². The molecule has 0 radical (unpaired) electrons. The maximum absolute atomic E-state index is 9.17. The number of nitriles is 1. The Bertz CT molecular complexity index is 610. The molecule has 18 heavy (non-hydrogen) atoms. The zero-order valence-corrected chi connectivity index (χ0v) is 10.1. The molecule has 0 N–H and O–H groups in total. The molecule has 0 atom stereocenters. The van der Waals surface area contributed by atoms with E-state index in [1.54, 1.807) is 0 Å². The third-order valence-corrected chi connectivity index (χ3v) is 3.50. The van der Waals surface area contributed by atoms with Crippen LogP contribution in [0.4, 0.5) is 5.69 Å². The Morgan fingerprint density at radius 1 is 0.944 bits per heavy atom. The highest BCUT2D eigenvalue weighted by molar-refractivity contribution is 5.60. The largest absolute Gasteiger partial charge is 0.366 e. The van der Waals surface area contributed by atoms with Gasteiger partial charge in [-0.15, -0.1) is 0 Å². The number of nitrogens with zero attached hydrogens (tertiary/aromatic N) is 2. The van der Waals surface area contributed by atoms with Crippen LogP contribution in [0.5, 0.6) is 0 Å². The van der Waals surface area contributed by atoms with Gasteiger partial charge in [-0.3, -0.25) is 0 Å². The molecule has 1 heterocycles. The van der Waals surface area contributed by atoms with E-state index in [0.717, 1.165) is 30.8 Å². The van der Waals surface area contributed by atoms with Gasteiger partial charge in [0, 0.05) is 13.1 Å². The monoisotopic (exact) mass is 234 g/mol. The number of fused-ring (bicyclic) bond motifs is 1. The third-order valence-electron chi connectivity index (χ3n) is 3.50. The Kier molecular flexibility index (Phi) is 2.74. The van der Waals surface area contributed by atoms with Gasteiger partial charge in [-0.1, -0.05) is 36.4 Å². The van der Waals surface area contributed by atoms with E-state index in [1.165, 1.54) is 11.1 Å². The lowest BCUT2D eigenvalue weighted by Gasteiger charge is -2.31. The van der Waals surface area contributed by atoms with Gasteiger partial charge in [-0.05, 0) is 29.7 Å². The molecule has 1 aliphatic heterocycles. The summed E-state index contributed by atoms with van der Waals surface area (Å²) in [5, 5.41) is 9.17. The molecule has 1 aliphatic rings. The number of anilines is 1. The topological polar surface area (TPSA) is 27.0 Å². The zero-order chi connectivity index (χ0) is 12.4. The standard InChI is InChI=1S/C16H14N2/c17-11-14-6-3-4-8-16(14)18-10-9-13-5-1-2-7-15(13)12-18/h1-8H,9-10,12H2. The van der Waals surface area contributed by atoms with Gasteiger partial charge in [-0.2, -0.15) is 5.26 Å². The minimum Gasteiger partial charge on any atom is -0.366 e. The van der Waals surface area contributed by atoms with E-state index >= 15 is 0 Å². The van der Waals surface area contributed by atoms with Crippen LogP contribution >= 0.6 is 0 Å². The van der Waals surface area contributed by atoms with E-state index in [0.29, 0.717) is 0 Å². The highest BCUT2D eigenvalue weighted by Crippen LogP contribution is 2.26. The van der Waals surface area contributed by atoms with Crippen molar-refractivity contribution in [2.75, 3.05) is 11.4 Å². The van der Waals surface area contributed by atoms with Crippen LogP contribution in [-0.4, -0.2) is 6.54 Å². The van der Waals surface area contributed by atoms with Crippen LogP contribution < -0.4 is 4.90 Å². The third kappa shape index (κ3) is 1.84. The quantitative estimate of drug-likeness (QED) is 0.758. The van der Waals surface area contributed by atoms with E-state index in [1.807, 2.05) is 24.3 Å². The predicted octanol–water partition coefficient (Wildman–Crippen LogP) is 3.12. The highest BCUT2D eigenvalue weighted by atomic mass is 15.1. The maximum atomic E-state index is 9.17. The molecule has 2 heteroatoms. The van der Waals surface area contributed by atoms with Crippen molar-refractivity contribution in [1.29, 1.82) is 5.26 Å². The van der Waals surface area contributed by atoms with Gasteiger partial charge in [0.1, 0.15) is 6.07 Å². The van der Waals surface area contributed by atoms with Crippen molar-refractivity contribution in [3.63, 3.8) is 0 Å². The zero-order valence-electron chi connectivity index (χ0n) is 10.1. The molecule has 0 amide bonds.